The molecule has 0 fully saturated rings. The van der Waals surface area contributed by atoms with Gasteiger partial charge in [0.25, 0.3) is 0 Å². The van der Waals surface area contributed by atoms with Gasteiger partial charge < -0.3 is 11.1 Å². The number of para-hydroxylation sites is 1. The summed E-state index contributed by atoms with van der Waals surface area (Å²) < 4.78 is 0. The Bertz CT molecular complexity index is 399. The molecule has 1 rings (SSSR count). The lowest BCUT2D eigenvalue weighted by molar-refractivity contribution is -0.120. The standard InChI is InChI=1S/C15H24N2O/c1-10(2)12-7-5-6-8-14(12)17-15(18)13(9-16)11(3)4/h5-8,10-11,13H,9,16H2,1-4H3,(H,17,18). The highest BCUT2D eigenvalue weighted by molar-refractivity contribution is 5.93. The molecule has 1 aromatic rings. The molecule has 0 heterocycles. The monoisotopic (exact) mass is 248 g/mol. The van der Waals surface area contributed by atoms with Crippen molar-refractivity contribution in [2.75, 3.05) is 11.9 Å². The van der Waals surface area contributed by atoms with E-state index in [1.807, 2.05) is 38.1 Å². The molecule has 0 spiro atoms. The summed E-state index contributed by atoms with van der Waals surface area (Å²) in [6, 6.07) is 7.93. The summed E-state index contributed by atoms with van der Waals surface area (Å²) in [5.41, 5.74) is 7.72. The fraction of sp³-hybridized carbons (Fsp3) is 0.533. The molecule has 3 heteroatoms. The Balaban J connectivity index is 2.87. The first-order chi connectivity index (χ1) is 8.47. The molecule has 0 aliphatic carbocycles. The maximum atomic E-state index is 12.2. The molecular weight excluding hydrogens is 224 g/mol. The minimum absolute atomic E-state index is 0.0144. The van der Waals surface area contributed by atoms with E-state index in [-0.39, 0.29) is 17.7 Å². The fourth-order valence-corrected chi connectivity index (χ4v) is 2.02. The molecule has 3 nitrogen and oxygen atoms in total. The van der Waals surface area contributed by atoms with E-state index in [4.69, 9.17) is 5.73 Å². The number of benzene rings is 1. The van der Waals surface area contributed by atoms with Gasteiger partial charge in [-0.1, -0.05) is 45.9 Å². The molecule has 1 amide bonds. The second kappa shape index (κ2) is 6.55. The molecule has 1 atom stereocenters. The van der Waals surface area contributed by atoms with Crippen LogP contribution in [-0.2, 0) is 4.79 Å². The first-order valence-corrected chi connectivity index (χ1v) is 6.57. The Morgan fingerprint density at radius 2 is 1.83 bits per heavy atom. The van der Waals surface area contributed by atoms with Crippen molar-refractivity contribution < 1.29 is 4.79 Å². The molecule has 0 aliphatic heterocycles. The lowest BCUT2D eigenvalue weighted by Crippen LogP contribution is -2.33. The molecule has 0 aliphatic rings. The Morgan fingerprint density at radius 3 is 2.33 bits per heavy atom. The Morgan fingerprint density at radius 1 is 1.22 bits per heavy atom. The predicted octanol–water partition coefficient (Wildman–Crippen LogP) is 2.98. The molecule has 1 aromatic carbocycles. The van der Waals surface area contributed by atoms with Gasteiger partial charge in [-0.15, -0.1) is 0 Å². The van der Waals surface area contributed by atoms with Gasteiger partial charge in [0.15, 0.2) is 0 Å². The van der Waals surface area contributed by atoms with Gasteiger partial charge >= 0.3 is 0 Å². The van der Waals surface area contributed by atoms with E-state index in [9.17, 15) is 4.79 Å². The van der Waals surface area contributed by atoms with Crippen molar-refractivity contribution >= 4 is 11.6 Å². The summed E-state index contributed by atoms with van der Waals surface area (Å²) in [6.45, 7) is 8.66. The van der Waals surface area contributed by atoms with Crippen LogP contribution in [-0.4, -0.2) is 12.5 Å². The third kappa shape index (κ3) is 3.57. The van der Waals surface area contributed by atoms with Crippen LogP contribution in [0.2, 0.25) is 0 Å². The number of nitrogens with two attached hydrogens (primary N) is 1. The van der Waals surface area contributed by atoms with E-state index >= 15 is 0 Å². The van der Waals surface area contributed by atoms with Crippen LogP contribution in [0.15, 0.2) is 24.3 Å². The van der Waals surface area contributed by atoms with Crippen LogP contribution in [0.1, 0.15) is 39.2 Å². The molecule has 0 aromatic heterocycles. The first-order valence-electron chi connectivity index (χ1n) is 6.57. The van der Waals surface area contributed by atoms with Gasteiger partial charge in [-0.3, -0.25) is 4.79 Å². The van der Waals surface area contributed by atoms with Crippen LogP contribution in [0, 0.1) is 11.8 Å². The fourth-order valence-electron chi connectivity index (χ4n) is 2.02. The molecule has 0 radical (unpaired) electrons. The highest BCUT2D eigenvalue weighted by atomic mass is 16.1. The number of amides is 1. The van der Waals surface area contributed by atoms with Gasteiger partial charge in [-0.2, -0.15) is 0 Å². The maximum absolute atomic E-state index is 12.2. The van der Waals surface area contributed by atoms with E-state index in [1.54, 1.807) is 0 Å². The zero-order chi connectivity index (χ0) is 13.7. The van der Waals surface area contributed by atoms with Crippen molar-refractivity contribution in [3.05, 3.63) is 29.8 Å². The molecule has 1 unspecified atom stereocenters. The van der Waals surface area contributed by atoms with Gasteiger partial charge in [0.05, 0.1) is 5.92 Å². The number of nitrogens with one attached hydrogen (secondary N) is 1. The number of anilines is 1. The van der Waals surface area contributed by atoms with E-state index in [1.165, 1.54) is 0 Å². The van der Waals surface area contributed by atoms with Crippen LogP contribution in [0.3, 0.4) is 0 Å². The smallest absolute Gasteiger partial charge is 0.229 e. The largest absolute Gasteiger partial charge is 0.330 e. The van der Waals surface area contributed by atoms with Crippen molar-refractivity contribution in [3.8, 4) is 0 Å². The first kappa shape index (κ1) is 14.7. The van der Waals surface area contributed by atoms with Crippen molar-refractivity contribution in [2.24, 2.45) is 17.6 Å². The highest BCUT2D eigenvalue weighted by Crippen LogP contribution is 2.24. The number of rotatable bonds is 5. The van der Waals surface area contributed by atoms with E-state index < -0.39 is 0 Å². The van der Waals surface area contributed by atoms with E-state index in [2.05, 4.69) is 19.2 Å². The minimum atomic E-state index is -0.134. The maximum Gasteiger partial charge on any atom is 0.229 e. The molecule has 100 valence electrons. The minimum Gasteiger partial charge on any atom is -0.330 e. The predicted molar refractivity (Wildman–Crippen MR) is 76.5 cm³/mol. The average Bonchev–Trinajstić information content (AvgIpc) is 2.29. The summed E-state index contributed by atoms with van der Waals surface area (Å²) in [5.74, 6) is 0.518. The summed E-state index contributed by atoms with van der Waals surface area (Å²) in [6.07, 6.45) is 0. The number of carbonyl (C=O) groups excluding carboxylic acids is 1. The third-order valence-corrected chi connectivity index (χ3v) is 3.24. The summed E-state index contributed by atoms with van der Waals surface area (Å²) in [4.78, 5) is 12.2. The Kier molecular flexibility index (Phi) is 5.35. The van der Waals surface area contributed by atoms with Gasteiger partial charge in [0.1, 0.15) is 0 Å². The Hall–Kier alpha value is -1.35. The highest BCUT2D eigenvalue weighted by Gasteiger charge is 2.21. The molecule has 0 bridgehead atoms. The summed E-state index contributed by atoms with van der Waals surface area (Å²) >= 11 is 0. The number of carbonyl (C=O) groups is 1. The molecule has 0 saturated carbocycles. The zero-order valence-corrected chi connectivity index (χ0v) is 11.7. The SMILES string of the molecule is CC(C)c1ccccc1NC(=O)C(CN)C(C)C. The number of hydrogen-bond acceptors (Lipinski definition) is 2. The van der Waals surface area contributed by atoms with Gasteiger partial charge in [-0.25, -0.2) is 0 Å². The van der Waals surface area contributed by atoms with Crippen LogP contribution in [0.5, 0.6) is 0 Å². The molecule has 18 heavy (non-hydrogen) atoms. The number of hydrogen-bond donors (Lipinski definition) is 2. The quantitative estimate of drug-likeness (QED) is 0.841. The van der Waals surface area contributed by atoms with Gasteiger partial charge in [0, 0.05) is 12.2 Å². The summed E-state index contributed by atoms with van der Waals surface area (Å²) in [5, 5.41) is 3.01. The Labute approximate surface area is 110 Å². The van der Waals surface area contributed by atoms with Crippen molar-refractivity contribution in [2.45, 2.75) is 33.6 Å². The molecule has 0 saturated heterocycles. The second-order valence-corrected chi connectivity index (χ2v) is 5.32. The topological polar surface area (TPSA) is 55.1 Å². The third-order valence-electron chi connectivity index (χ3n) is 3.24. The molecule has 3 N–H and O–H groups in total. The van der Waals surface area contributed by atoms with Crippen LogP contribution in [0.25, 0.3) is 0 Å². The van der Waals surface area contributed by atoms with Gasteiger partial charge in [-0.05, 0) is 23.5 Å². The lowest BCUT2D eigenvalue weighted by atomic mass is 9.94. The van der Waals surface area contributed by atoms with Crippen molar-refractivity contribution in [1.82, 2.24) is 0 Å². The van der Waals surface area contributed by atoms with Crippen molar-refractivity contribution in [1.29, 1.82) is 0 Å². The molecular formula is C15H24N2O. The zero-order valence-electron chi connectivity index (χ0n) is 11.7. The van der Waals surface area contributed by atoms with E-state index in [0.29, 0.717) is 12.5 Å². The van der Waals surface area contributed by atoms with E-state index in [0.717, 1.165) is 11.3 Å². The average molecular weight is 248 g/mol. The normalized spacial score (nSPS) is 12.8. The second-order valence-electron chi connectivity index (χ2n) is 5.32. The van der Waals surface area contributed by atoms with Crippen LogP contribution >= 0.6 is 0 Å². The summed E-state index contributed by atoms with van der Waals surface area (Å²) in [7, 11) is 0. The van der Waals surface area contributed by atoms with Crippen LogP contribution in [0.4, 0.5) is 5.69 Å². The van der Waals surface area contributed by atoms with Gasteiger partial charge in [0.2, 0.25) is 5.91 Å². The van der Waals surface area contributed by atoms with Crippen LogP contribution < -0.4 is 11.1 Å². The van der Waals surface area contributed by atoms with Crippen molar-refractivity contribution in [3.63, 3.8) is 0 Å². The lowest BCUT2D eigenvalue weighted by Gasteiger charge is -2.20.